The smallest absolute Gasteiger partial charge is 0.191 e. The number of unbranched alkanes of at least 4 members (excludes halogenated alkanes) is 4. The van der Waals surface area contributed by atoms with Gasteiger partial charge in [-0.15, -0.1) is 24.0 Å². The molecule has 0 saturated heterocycles. The van der Waals surface area contributed by atoms with E-state index >= 15 is 0 Å². The van der Waals surface area contributed by atoms with Crippen molar-refractivity contribution in [1.29, 1.82) is 0 Å². The zero-order valence-electron chi connectivity index (χ0n) is 15.7. The summed E-state index contributed by atoms with van der Waals surface area (Å²) in [6.07, 6.45) is 7.47. The summed E-state index contributed by atoms with van der Waals surface area (Å²) in [4.78, 5) is 6.82. The lowest BCUT2D eigenvalue weighted by atomic mass is 10.1. The van der Waals surface area contributed by atoms with Crippen LogP contribution in [0.1, 0.15) is 52.4 Å². The molecule has 0 aliphatic carbocycles. The molecule has 140 valence electrons. The molecule has 2 N–H and O–H groups in total. The summed E-state index contributed by atoms with van der Waals surface area (Å²) in [5, 5.41) is 6.70. The molecule has 0 aromatic heterocycles. The second-order valence-electron chi connectivity index (χ2n) is 5.81. The molecule has 23 heavy (non-hydrogen) atoms. The summed E-state index contributed by atoms with van der Waals surface area (Å²) >= 11 is 0. The second kappa shape index (κ2) is 20.0. The molecule has 0 aromatic rings. The van der Waals surface area contributed by atoms with Crippen molar-refractivity contribution in [3.8, 4) is 0 Å². The molecule has 0 aromatic carbocycles. The van der Waals surface area contributed by atoms with Gasteiger partial charge in [0.05, 0.1) is 0 Å². The van der Waals surface area contributed by atoms with E-state index in [0.717, 1.165) is 45.2 Å². The zero-order valence-corrected chi connectivity index (χ0v) is 18.0. The predicted octanol–water partition coefficient (Wildman–Crippen LogP) is 3.10. The Morgan fingerprint density at radius 1 is 0.957 bits per heavy atom. The molecule has 6 heteroatoms. The first-order valence-electron chi connectivity index (χ1n) is 8.95. The van der Waals surface area contributed by atoms with Crippen LogP contribution in [0.15, 0.2) is 4.99 Å². The van der Waals surface area contributed by atoms with Crippen molar-refractivity contribution < 1.29 is 4.74 Å². The largest absolute Gasteiger partial charge is 0.382 e. The van der Waals surface area contributed by atoms with E-state index in [1.54, 1.807) is 0 Å². The lowest BCUT2D eigenvalue weighted by Crippen LogP contribution is -2.37. The molecule has 0 rings (SSSR count). The number of halogens is 1. The highest BCUT2D eigenvalue weighted by Gasteiger charge is 1.97. The van der Waals surface area contributed by atoms with E-state index in [1.807, 2.05) is 6.92 Å². The number of ether oxygens (including phenoxy) is 1. The van der Waals surface area contributed by atoms with Gasteiger partial charge in [-0.2, -0.15) is 0 Å². The summed E-state index contributed by atoms with van der Waals surface area (Å²) < 4.78 is 5.32. The van der Waals surface area contributed by atoms with Gasteiger partial charge in [-0.25, -0.2) is 0 Å². The second-order valence-corrected chi connectivity index (χ2v) is 5.81. The summed E-state index contributed by atoms with van der Waals surface area (Å²) in [6, 6.07) is 0. The summed E-state index contributed by atoms with van der Waals surface area (Å²) in [6.45, 7) is 9.64. The molecule has 0 unspecified atom stereocenters. The van der Waals surface area contributed by atoms with E-state index in [2.05, 4.69) is 41.5 Å². The first-order valence-corrected chi connectivity index (χ1v) is 8.95. The number of hydrogen-bond acceptors (Lipinski definition) is 3. The van der Waals surface area contributed by atoms with Crippen molar-refractivity contribution in [1.82, 2.24) is 15.5 Å². The van der Waals surface area contributed by atoms with Gasteiger partial charge in [0.15, 0.2) is 5.96 Å². The minimum atomic E-state index is 0. The molecule has 0 aliphatic rings. The van der Waals surface area contributed by atoms with Gasteiger partial charge in [0.25, 0.3) is 0 Å². The van der Waals surface area contributed by atoms with Crippen LogP contribution < -0.4 is 10.6 Å². The average molecular weight is 442 g/mol. The summed E-state index contributed by atoms with van der Waals surface area (Å²) in [7, 11) is 4.28. The topological polar surface area (TPSA) is 48.9 Å². The number of nitrogens with zero attached hydrogens (tertiary/aromatic N) is 2. The highest BCUT2D eigenvalue weighted by molar-refractivity contribution is 14.0. The highest BCUT2D eigenvalue weighted by Crippen LogP contribution is 2.02. The van der Waals surface area contributed by atoms with Gasteiger partial charge in [-0.3, -0.25) is 4.99 Å². The normalized spacial score (nSPS) is 11.4. The maximum Gasteiger partial charge on any atom is 0.191 e. The number of guanidine groups is 1. The van der Waals surface area contributed by atoms with Crippen LogP contribution >= 0.6 is 24.0 Å². The first-order chi connectivity index (χ1) is 10.7. The van der Waals surface area contributed by atoms with E-state index in [-0.39, 0.29) is 24.0 Å². The van der Waals surface area contributed by atoms with E-state index in [9.17, 15) is 0 Å². The van der Waals surface area contributed by atoms with Gasteiger partial charge in [0, 0.05) is 32.8 Å². The minimum Gasteiger partial charge on any atom is -0.382 e. The number of rotatable bonds is 14. The molecule has 0 bridgehead atoms. The number of nitrogens with one attached hydrogen (secondary N) is 2. The fourth-order valence-electron chi connectivity index (χ4n) is 2.13. The van der Waals surface area contributed by atoms with Crippen LogP contribution in [0.25, 0.3) is 0 Å². The van der Waals surface area contributed by atoms with Crippen molar-refractivity contribution in [3.63, 3.8) is 0 Å². The molecule has 0 fully saturated rings. The van der Waals surface area contributed by atoms with Crippen molar-refractivity contribution in [2.24, 2.45) is 4.99 Å². The van der Waals surface area contributed by atoms with Crippen LogP contribution in [-0.2, 0) is 4.74 Å². The van der Waals surface area contributed by atoms with Crippen LogP contribution in [0.2, 0.25) is 0 Å². The maximum atomic E-state index is 5.32. The zero-order chi connectivity index (χ0) is 16.5. The van der Waals surface area contributed by atoms with Gasteiger partial charge in [0.1, 0.15) is 0 Å². The Morgan fingerprint density at radius 2 is 1.65 bits per heavy atom. The van der Waals surface area contributed by atoms with Crippen LogP contribution in [-0.4, -0.2) is 64.3 Å². The fourth-order valence-corrected chi connectivity index (χ4v) is 2.13. The number of aliphatic imine (C=N–C) groups is 1. The molecular formula is C17H39IN4O. The quantitative estimate of drug-likeness (QED) is 0.188. The van der Waals surface area contributed by atoms with Gasteiger partial charge in [-0.1, -0.05) is 19.3 Å². The minimum absolute atomic E-state index is 0. The Kier molecular flexibility index (Phi) is 21.8. The predicted molar refractivity (Wildman–Crippen MR) is 112 cm³/mol. The summed E-state index contributed by atoms with van der Waals surface area (Å²) in [5.74, 6) is 0.937. The van der Waals surface area contributed by atoms with Crippen molar-refractivity contribution in [2.45, 2.75) is 52.4 Å². The molecule has 0 heterocycles. The summed E-state index contributed by atoms with van der Waals surface area (Å²) in [5.41, 5.74) is 0. The molecular weight excluding hydrogens is 403 g/mol. The standard InChI is InChI=1S/C17H38N4O.HI/c1-5-18-17(20-14-12-16-22-6-2)19-13-10-8-7-9-11-15-21(3)4;/h5-16H2,1-4H3,(H2,18,19,20);1H. The Labute approximate surface area is 161 Å². The molecule has 0 radical (unpaired) electrons. The molecule has 0 saturated carbocycles. The van der Waals surface area contributed by atoms with Gasteiger partial charge in [-0.05, 0) is 53.8 Å². The van der Waals surface area contributed by atoms with Gasteiger partial charge < -0.3 is 20.3 Å². The van der Waals surface area contributed by atoms with E-state index in [0.29, 0.717) is 0 Å². The Morgan fingerprint density at radius 3 is 2.30 bits per heavy atom. The molecule has 0 atom stereocenters. The first kappa shape index (κ1) is 25.2. The molecule has 5 nitrogen and oxygen atoms in total. The SMILES string of the molecule is CCNC(=NCCCOCC)NCCCCCCCN(C)C.I. The highest BCUT2D eigenvalue weighted by atomic mass is 127. The van der Waals surface area contributed by atoms with E-state index in [4.69, 9.17) is 4.74 Å². The van der Waals surface area contributed by atoms with Gasteiger partial charge in [0.2, 0.25) is 0 Å². The number of hydrogen-bond donors (Lipinski definition) is 2. The van der Waals surface area contributed by atoms with Crippen molar-refractivity contribution in [3.05, 3.63) is 0 Å². The third-order valence-corrected chi connectivity index (χ3v) is 3.34. The third kappa shape index (κ3) is 19.9. The lowest BCUT2D eigenvalue weighted by Gasteiger charge is -2.11. The van der Waals surface area contributed by atoms with Crippen LogP contribution in [0.5, 0.6) is 0 Å². The van der Waals surface area contributed by atoms with E-state index < -0.39 is 0 Å². The molecule has 0 aliphatic heterocycles. The van der Waals surface area contributed by atoms with Crippen LogP contribution in [0, 0.1) is 0 Å². The lowest BCUT2D eigenvalue weighted by molar-refractivity contribution is 0.146. The Bertz CT molecular complexity index is 263. The van der Waals surface area contributed by atoms with Crippen molar-refractivity contribution in [2.75, 3.05) is 53.5 Å². The van der Waals surface area contributed by atoms with Gasteiger partial charge >= 0.3 is 0 Å². The fraction of sp³-hybridized carbons (Fsp3) is 0.941. The Hall–Kier alpha value is -0.0800. The van der Waals surface area contributed by atoms with Crippen molar-refractivity contribution >= 4 is 29.9 Å². The monoisotopic (exact) mass is 442 g/mol. The molecule has 0 amide bonds. The van der Waals surface area contributed by atoms with E-state index in [1.165, 1.54) is 38.6 Å². The molecule has 0 spiro atoms. The van der Waals surface area contributed by atoms with Crippen LogP contribution in [0.4, 0.5) is 0 Å². The van der Waals surface area contributed by atoms with Crippen LogP contribution in [0.3, 0.4) is 0 Å². The third-order valence-electron chi connectivity index (χ3n) is 3.34. The Balaban J connectivity index is 0. The maximum absolute atomic E-state index is 5.32. The average Bonchev–Trinajstić information content (AvgIpc) is 2.49.